The Labute approximate surface area is 118 Å². The van der Waals surface area contributed by atoms with E-state index in [0.717, 1.165) is 18.0 Å². The van der Waals surface area contributed by atoms with Gasteiger partial charge in [0.05, 0.1) is 0 Å². The van der Waals surface area contributed by atoms with Gasteiger partial charge in [-0.05, 0) is 42.5 Å². The number of carbonyl (C=O) groups excluding carboxylic acids is 1. The fraction of sp³-hybridized carbons (Fsp3) is 0.667. The van der Waals surface area contributed by atoms with E-state index in [1.807, 2.05) is 22.4 Å². The molecule has 4 heteroatoms. The minimum Gasteiger partial charge on any atom is -0.341 e. The topological polar surface area (TPSA) is 46.3 Å². The summed E-state index contributed by atoms with van der Waals surface area (Å²) in [4.78, 5) is 15.4. The summed E-state index contributed by atoms with van der Waals surface area (Å²) < 4.78 is 0. The second-order valence-corrected chi connectivity index (χ2v) is 7.00. The van der Waals surface area contributed by atoms with E-state index < -0.39 is 6.04 Å². The number of piperidine rings is 1. The van der Waals surface area contributed by atoms with Crippen molar-refractivity contribution in [3.63, 3.8) is 0 Å². The molecule has 1 aliphatic carbocycles. The number of likely N-dealkylation sites (tertiary alicyclic amines) is 1. The van der Waals surface area contributed by atoms with Crippen molar-refractivity contribution >= 4 is 17.2 Å². The molecule has 3 nitrogen and oxygen atoms in total. The number of thiophene rings is 1. The average Bonchev–Trinajstić information content (AvgIpc) is 3.10. The van der Waals surface area contributed by atoms with Crippen molar-refractivity contribution in [2.45, 2.75) is 44.6 Å². The Morgan fingerprint density at radius 3 is 2.53 bits per heavy atom. The summed E-state index contributed by atoms with van der Waals surface area (Å²) in [6.07, 6.45) is 7.84. The highest BCUT2D eigenvalue weighted by Crippen LogP contribution is 2.46. The standard InChI is InChI=1S/C15H22N2OS/c16-13(12-4-3-11-19-12)14(18)17-9-7-15(8-10-17)5-1-2-6-15/h3-4,11,13H,1-2,5-10,16H2. The van der Waals surface area contributed by atoms with Crippen molar-refractivity contribution in [1.82, 2.24) is 4.90 Å². The van der Waals surface area contributed by atoms with Crippen LogP contribution in [0.4, 0.5) is 0 Å². The molecule has 0 bridgehead atoms. The molecule has 1 saturated carbocycles. The maximum atomic E-state index is 12.4. The minimum absolute atomic E-state index is 0.107. The van der Waals surface area contributed by atoms with Gasteiger partial charge < -0.3 is 10.6 Å². The highest BCUT2D eigenvalue weighted by Gasteiger charge is 2.38. The van der Waals surface area contributed by atoms with Crippen LogP contribution in [0.2, 0.25) is 0 Å². The highest BCUT2D eigenvalue weighted by molar-refractivity contribution is 7.10. The van der Waals surface area contributed by atoms with E-state index in [1.165, 1.54) is 38.5 Å². The normalized spacial score (nSPS) is 23.7. The van der Waals surface area contributed by atoms with Crippen LogP contribution in [0.5, 0.6) is 0 Å². The summed E-state index contributed by atoms with van der Waals surface area (Å²) in [5.74, 6) is 0.107. The van der Waals surface area contributed by atoms with E-state index in [1.54, 1.807) is 11.3 Å². The van der Waals surface area contributed by atoms with Gasteiger partial charge in [0.15, 0.2) is 0 Å². The third kappa shape index (κ3) is 2.56. The van der Waals surface area contributed by atoms with Gasteiger partial charge in [0, 0.05) is 18.0 Å². The van der Waals surface area contributed by atoms with E-state index in [4.69, 9.17) is 5.73 Å². The number of amides is 1. The fourth-order valence-electron chi connectivity index (χ4n) is 3.61. The zero-order chi connectivity index (χ0) is 13.3. The molecule has 1 spiro atoms. The lowest BCUT2D eigenvalue weighted by Gasteiger charge is -2.40. The molecule has 19 heavy (non-hydrogen) atoms. The summed E-state index contributed by atoms with van der Waals surface area (Å²) in [6.45, 7) is 1.80. The first-order valence-electron chi connectivity index (χ1n) is 7.28. The molecule has 3 rings (SSSR count). The summed E-state index contributed by atoms with van der Waals surface area (Å²) in [5, 5.41) is 1.98. The maximum absolute atomic E-state index is 12.4. The molecule has 2 aliphatic rings. The molecule has 1 aromatic rings. The van der Waals surface area contributed by atoms with Gasteiger partial charge in [-0.25, -0.2) is 0 Å². The van der Waals surface area contributed by atoms with Crippen LogP contribution in [0.3, 0.4) is 0 Å². The first-order chi connectivity index (χ1) is 9.20. The van der Waals surface area contributed by atoms with Crippen molar-refractivity contribution in [2.75, 3.05) is 13.1 Å². The summed E-state index contributed by atoms with van der Waals surface area (Å²) >= 11 is 1.57. The molecule has 1 aliphatic heterocycles. The Morgan fingerprint density at radius 1 is 1.26 bits per heavy atom. The van der Waals surface area contributed by atoms with Crippen molar-refractivity contribution in [3.05, 3.63) is 22.4 Å². The molecule has 0 aromatic carbocycles. The summed E-state index contributed by atoms with van der Waals surface area (Å²) in [6, 6.07) is 3.45. The smallest absolute Gasteiger partial charge is 0.244 e. The number of carbonyl (C=O) groups is 1. The van der Waals surface area contributed by atoms with Crippen molar-refractivity contribution in [3.8, 4) is 0 Å². The van der Waals surface area contributed by atoms with E-state index in [-0.39, 0.29) is 5.91 Å². The summed E-state index contributed by atoms with van der Waals surface area (Å²) in [7, 11) is 0. The van der Waals surface area contributed by atoms with Crippen molar-refractivity contribution in [1.29, 1.82) is 0 Å². The molecule has 1 atom stereocenters. The predicted octanol–water partition coefficient (Wildman–Crippen LogP) is 2.93. The van der Waals surface area contributed by atoms with Crippen molar-refractivity contribution < 1.29 is 4.79 Å². The molecular formula is C15H22N2OS. The number of hydrogen-bond donors (Lipinski definition) is 1. The van der Waals surface area contributed by atoms with Crippen LogP contribution in [0.25, 0.3) is 0 Å². The molecule has 2 N–H and O–H groups in total. The zero-order valence-corrected chi connectivity index (χ0v) is 12.1. The molecule has 0 radical (unpaired) electrons. The lowest BCUT2D eigenvalue weighted by atomic mass is 9.77. The summed E-state index contributed by atoms with van der Waals surface area (Å²) in [5.41, 5.74) is 6.64. The van der Waals surface area contributed by atoms with E-state index >= 15 is 0 Å². The molecule has 2 heterocycles. The zero-order valence-electron chi connectivity index (χ0n) is 11.3. The molecule has 2 fully saturated rings. The fourth-order valence-corrected chi connectivity index (χ4v) is 4.33. The van der Waals surface area contributed by atoms with E-state index in [2.05, 4.69) is 0 Å². The second-order valence-electron chi connectivity index (χ2n) is 6.03. The highest BCUT2D eigenvalue weighted by atomic mass is 32.1. The van der Waals surface area contributed by atoms with Gasteiger partial charge in [0.2, 0.25) is 5.91 Å². The van der Waals surface area contributed by atoms with Crippen LogP contribution in [0.1, 0.15) is 49.4 Å². The average molecular weight is 278 g/mol. The molecule has 1 aromatic heterocycles. The quantitative estimate of drug-likeness (QED) is 0.904. The van der Waals surface area contributed by atoms with Crippen LogP contribution in [-0.2, 0) is 4.79 Å². The molecule has 1 amide bonds. The molecule has 1 unspecified atom stereocenters. The maximum Gasteiger partial charge on any atom is 0.244 e. The predicted molar refractivity (Wildman–Crippen MR) is 78.0 cm³/mol. The Bertz CT molecular complexity index is 427. The third-order valence-corrected chi connectivity index (χ3v) is 5.87. The van der Waals surface area contributed by atoms with Gasteiger partial charge in [0.1, 0.15) is 6.04 Å². The largest absolute Gasteiger partial charge is 0.341 e. The Balaban J connectivity index is 1.60. The van der Waals surface area contributed by atoms with Gasteiger partial charge in [0.25, 0.3) is 0 Å². The van der Waals surface area contributed by atoms with E-state index in [0.29, 0.717) is 5.41 Å². The van der Waals surface area contributed by atoms with Gasteiger partial charge >= 0.3 is 0 Å². The SMILES string of the molecule is NC(C(=O)N1CCC2(CCCC2)CC1)c1cccs1. The number of nitrogens with zero attached hydrogens (tertiary/aromatic N) is 1. The monoisotopic (exact) mass is 278 g/mol. The first-order valence-corrected chi connectivity index (χ1v) is 8.16. The first kappa shape index (κ1) is 13.1. The van der Waals surface area contributed by atoms with Crippen LogP contribution in [0, 0.1) is 5.41 Å². The van der Waals surface area contributed by atoms with Crippen LogP contribution in [-0.4, -0.2) is 23.9 Å². The van der Waals surface area contributed by atoms with E-state index in [9.17, 15) is 4.79 Å². The van der Waals surface area contributed by atoms with Crippen molar-refractivity contribution in [2.24, 2.45) is 11.1 Å². The number of nitrogens with two attached hydrogens (primary N) is 1. The number of hydrogen-bond acceptors (Lipinski definition) is 3. The lowest BCUT2D eigenvalue weighted by molar-refractivity contribution is -0.135. The lowest BCUT2D eigenvalue weighted by Crippen LogP contribution is -2.45. The molecule has 104 valence electrons. The Morgan fingerprint density at radius 2 is 1.95 bits per heavy atom. The van der Waals surface area contributed by atoms with Gasteiger partial charge in [-0.1, -0.05) is 18.9 Å². The molecule has 1 saturated heterocycles. The molecular weight excluding hydrogens is 256 g/mol. The minimum atomic E-state index is -0.461. The third-order valence-electron chi connectivity index (χ3n) is 4.92. The second kappa shape index (κ2) is 5.25. The van der Waals surface area contributed by atoms with Gasteiger partial charge in [-0.2, -0.15) is 0 Å². The number of rotatable bonds is 2. The van der Waals surface area contributed by atoms with Crippen LogP contribution >= 0.6 is 11.3 Å². The Hall–Kier alpha value is -0.870. The van der Waals surface area contributed by atoms with Gasteiger partial charge in [-0.15, -0.1) is 11.3 Å². The van der Waals surface area contributed by atoms with Crippen LogP contribution < -0.4 is 5.73 Å². The van der Waals surface area contributed by atoms with Gasteiger partial charge in [-0.3, -0.25) is 4.79 Å². The Kier molecular flexibility index (Phi) is 3.63. The van der Waals surface area contributed by atoms with Crippen LogP contribution in [0.15, 0.2) is 17.5 Å².